The van der Waals surface area contributed by atoms with Crippen molar-refractivity contribution in [1.29, 1.82) is 5.26 Å². The summed E-state index contributed by atoms with van der Waals surface area (Å²) in [5, 5.41) is 8.47. The highest BCUT2D eigenvalue weighted by Crippen LogP contribution is 2.60. The fourth-order valence-electron chi connectivity index (χ4n) is 2.57. The maximum atomic E-state index is 7.13. The molecule has 0 aromatic rings. The summed E-state index contributed by atoms with van der Waals surface area (Å²) in [7, 11) is -0.496. The van der Waals surface area contributed by atoms with Crippen LogP contribution in [0.4, 0.5) is 0 Å². The Morgan fingerprint density at radius 1 is 0.812 bits per heavy atom. The van der Waals surface area contributed by atoms with Crippen LogP contribution in [0.15, 0.2) is 0 Å². The van der Waals surface area contributed by atoms with E-state index in [0.717, 1.165) is 0 Å². The first-order chi connectivity index (χ1) is 7.66. The molecule has 0 N–H and O–H groups in total. The highest BCUT2D eigenvalue weighted by atomic mass is 32.1. The lowest BCUT2D eigenvalue weighted by atomic mass is 10.5. The molecule has 96 valence electrons. The van der Waals surface area contributed by atoms with Crippen LogP contribution in [0.1, 0.15) is 53.4 Å². The van der Waals surface area contributed by atoms with Crippen LogP contribution in [0, 0.1) is 10.7 Å². The minimum Gasteiger partial charge on any atom is -0.696 e. The molecule has 0 bridgehead atoms. The third kappa shape index (κ3) is 9.37. The van der Waals surface area contributed by atoms with Crippen LogP contribution in [-0.2, 0) is 12.6 Å². The summed E-state index contributed by atoms with van der Waals surface area (Å²) in [5.74, 6) is 0. The van der Waals surface area contributed by atoms with E-state index in [1.54, 1.807) is 24.6 Å². The molecule has 0 saturated carbocycles. The van der Waals surface area contributed by atoms with Gasteiger partial charge >= 0.3 is 0 Å². The second-order valence-electron chi connectivity index (χ2n) is 4.33. The largest absolute Gasteiger partial charge is 0.696 e. The molecule has 1 nitrogen and oxygen atoms in total. The lowest BCUT2D eigenvalue weighted by molar-refractivity contribution is 0.963. The van der Waals surface area contributed by atoms with Crippen molar-refractivity contribution in [3.8, 4) is 5.40 Å². The smallest absolute Gasteiger partial charge is 0.0591 e. The van der Waals surface area contributed by atoms with Crippen molar-refractivity contribution in [3.05, 3.63) is 0 Å². The Morgan fingerprint density at radius 3 is 1.12 bits per heavy atom. The van der Waals surface area contributed by atoms with E-state index < -0.39 is 7.26 Å². The van der Waals surface area contributed by atoms with E-state index in [2.05, 4.69) is 40.3 Å². The zero-order chi connectivity index (χ0) is 12.9. The molecule has 0 spiro atoms. The van der Waals surface area contributed by atoms with Crippen molar-refractivity contribution >= 4 is 19.9 Å². The molecule has 0 aromatic carbocycles. The molecule has 0 rings (SSSR count). The molecule has 16 heavy (non-hydrogen) atoms. The van der Waals surface area contributed by atoms with Gasteiger partial charge in [-0.05, 0) is 25.7 Å². The first-order valence-corrected chi connectivity index (χ1v) is 9.46. The minimum absolute atomic E-state index is 0.496. The summed E-state index contributed by atoms with van der Waals surface area (Å²) in [4.78, 5) is 0. The minimum atomic E-state index is -0.496. The maximum Gasteiger partial charge on any atom is 0.0591 e. The molecular weight excluding hydrogens is 233 g/mol. The Bertz CT molecular complexity index is 148. The molecule has 0 atom stereocenters. The van der Waals surface area contributed by atoms with Crippen LogP contribution in [0.2, 0.25) is 0 Å². The van der Waals surface area contributed by atoms with Crippen molar-refractivity contribution in [3.63, 3.8) is 0 Å². The van der Waals surface area contributed by atoms with Gasteiger partial charge in [-0.15, -0.1) is 0 Å². The van der Waals surface area contributed by atoms with Crippen LogP contribution in [0.25, 0.3) is 0 Å². The molecule has 0 heterocycles. The quantitative estimate of drug-likeness (QED) is 0.360. The molecule has 0 saturated heterocycles. The van der Waals surface area contributed by atoms with E-state index in [-0.39, 0.29) is 0 Å². The monoisotopic (exact) mass is 261 g/mol. The number of nitriles is 1. The van der Waals surface area contributed by atoms with Gasteiger partial charge in [-0.2, -0.15) is 0 Å². The molecule has 0 fully saturated rings. The van der Waals surface area contributed by atoms with Gasteiger partial charge in [-0.3, -0.25) is 0 Å². The van der Waals surface area contributed by atoms with E-state index >= 15 is 0 Å². The van der Waals surface area contributed by atoms with Gasteiger partial charge in [0.15, 0.2) is 0 Å². The van der Waals surface area contributed by atoms with E-state index in [1.807, 2.05) is 0 Å². The van der Waals surface area contributed by atoms with Crippen molar-refractivity contribution < 1.29 is 0 Å². The first kappa shape index (κ1) is 18.5. The van der Waals surface area contributed by atoms with Gasteiger partial charge in [0.2, 0.25) is 0 Å². The van der Waals surface area contributed by atoms with Crippen molar-refractivity contribution in [2.24, 2.45) is 0 Å². The molecule has 0 aliphatic heterocycles. The predicted molar refractivity (Wildman–Crippen MR) is 80.5 cm³/mol. The third-order valence-electron chi connectivity index (χ3n) is 2.79. The number of hydrogen-bond donors (Lipinski definition) is 0. The Labute approximate surface area is 109 Å². The predicted octanol–water partition coefficient (Wildman–Crippen LogP) is 4.66. The summed E-state index contributed by atoms with van der Waals surface area (Å²) in [5.41, 5.74) is 0. The van der Waals surface area contributed by atoms with Crippen LogP contribution in [0.5, 0.6) is 0 Å². The molecule has 0 radical (unpaired) electrons. The number of nitrogens with zero attached hydrogens (tertiary/aromatic N) is 1. The van der Waals surface area contributed by atoms with Gasteiger partial charge in [0, 0.05) is 7.26 Å². The number of rotatable bonds is 8. The van der Waals surface area contributed by atoms with Crippen LogP contribution in [0.3, 0.4) is 0 Å². The lowest BCUT2D eigenvalue weighted by Crippen LogP contribution is -2.10. The fraction of sp³-hybridized carbons (Fsp3) is 0.923. The van der Waals surface area contributed by atoms with E-state index in [0.29, 0.717) is 0 Å². The van der Waals surface area contributed by atoms with Gasteiger partial charge in [-0.25, -0.2) is 5.26 Å². The zero-order valence-corrected chi connectivity index (χ0v) is 13.2. The fourth-order valence-corrected chi connectivity index (χ4v) is 7.70. The molecule has 0 unspecified atom stereocenters. The van der Waals surface area contributed by atoms with Gasteiger partial charge in [0.1, 0.15) is 0 Å². The summed E-state index contributed by atoms with van der Waals surface area (Å²) < 4.78 is 0. The Morgan fingerprint density at radius 2 is 1.00 bits per heavy atom. The normalized spacial score (nSPS) is 10.2. The van der Waals surface area contributed by atoms with Gasteiger partial charge < -0.3 is 12.6 Å². The standard InChI is InChI=1S/C12H28P.CHNS/c1-5-9-13(10-6-2,11-7-3)12-8-4;2-1-3/h5-12H2,1-4H3;3H/q+1;/p-1. The highest BCUT2D eigenvalue weighted by Gasteiger charge is 2.32. The van der Waals surface area contributed by atoms with E-state index in [1.165, 1.54) is 31.1 Å². The average molecular weight is 261 g/mol. The van der Waals surface area contributed by atoms with Crippen molar-refractivity contribution in [2.45, 2.75) is 53.4 Å². The Hall–Kier alpha value is 0.140. The topological polar surface area (TPSA) is 23.8 Å². The molecule has 0 amide bonds. The summed E-state index contributed by atoms with van der Waals surface area (Å²) in [6, 6.07) is 0. The van der Waals surface area contributed by atoms with Crippen LogP contribution < -0.4 is 0 Å². The Kier molecular flexibility index (Phi) is 15.3. The number of thiocyanates is 1. The van der Waals surface area contributed by atoms with Crippen LogP contribution >= 0.6 is 7.26 Å². The van der Waals surface area contributed by atoms with Gasteiger partial charge in [-0.1, -0.05) is 33.1 Å². The first-order valence-electron chi connectivity index (χ1n) is 6.52. The molecule has 3 heteroatoms. The second kappa shape index (κ2) is 13.2. The SMILES string of the molecule is CCC[P+](CCC)(CCC)CCC.N#C[S-]. The number of hydrogen-bond acceptors (Lipinski definition) is 2. The molecule has 0 aromatic heterocycles. The van der Waals surface area contributed by atoms with Gasteiger partial charge in [0.25, 0.3) is 0 Å². The second-order valence-corrected chi connectivity index (χ2v) is 8.98. The highest BCUT2D eigenvalue weighted by molar-refractivity contribution is 7.75. The summed E-state index contributed by atoms with van der Waals surface area (Å²) in [6.45, 7) is 9.43. The molecule has 0 aliphatic rings. The van der Waals surface area contributed by atoms with E-state index in [9.17, 15) is 0 Å². The summed E-state index contributed by atoms with van der Waals surface area (Å²) in [6.07, 6.45) is 11.9. The third-order valence-corrected chi connectivity index (χ3v) is 8.38. The summed E-state index contributed by atoms with van der Waals surface area (Å²) >= 11 is 3.70. The lowest BCUT2D eigenvalue weighted by Gasteiger charge is -2.26. The molecular formula is C13H28NPS. The maximum absolute atomic E-state index is 7.13. The van der Waals surface area contributed by atoms with Gasteiger partial charge in [0.05, 0.1) is 24.6 Å². The zero-order valence-electron chi connectivity index (χ0n) is 11.5. The Balaban J connectivity index is 0. The van der Waals surface area contributed by atoms with Crippen LogP contribution in [-0.4, -0.2) is 24.6 Å². The van der Waals surface area contributed by atoms with E-state index in [4.69, 9.17) is 5.26 Å². The molecule has 0 aliphatic carbocycles. The van der Waals surface area contributed by atoms with Crippen molar-refractivity contribution in [1.82, 2.24) is 0 Å². The van der Waals surface area contributed by atoms with Crippen molar-refractivity contribution in [2.75, 3.05) is 24.6 Å². The average Bonchev–Trinajstić information content (AvgIpc) is 2.20.